The molecule has 0 aliphatic rings. The van der Waals surface area contributed by atoms with Gasteiger partial charge in [-0.3, -0.25) is 0 Å². The summed E-state index contributed by atoms with van der Waals surface area (Å²) in [5, 5.41) is 0. The van der Waals surface area contributed by atoms with Gasteiger partial charge in [-0.1, -0.05) is 13.8 Å². The third-order valence-electron chi connectivity index (χ3n) is 4.02. The van der Waals surface area contributed by atoms with Crippen LogP contribution in [-0.2, 0) is 5.54 Å². The third-order valence-corrected chi connectivity index (χ3v) is 4.02. The second-order valence-corrected chi connectivity index (χ2v) is 5.10. The van der Waals surface area contributed by atoms with Gasteiger partial charge in [0.25, 0.3) is 0 Å². The summed E-state index contributed by atoms with van der Waals surface area (Å²) < 4.78 is 15.6. The lowest BCUT2D eigenvalue weighted by atomic mass is 9.94. The Bertz CT molecular complexity index is 582. The first kappa shape index (κ1) is 12.9. The fraction of sp³-hybridized carbons (Fsp3) is 0.500. The van der Waals surface area contributed by atoms with Crippen LogP contribution in [0.1, 0.15) is 39.2 Å². The summed E-state index contributed by atoms with van der Waals surface area (Å²) in [6.07, 6.45) is 1.91. The lowest BCUT2D eigenvalue weighted by Crippen LogP contribution is -2.29. The van der Waals surface area contributed by atoms with Gasteiger partial charge in [0.05, 0.1) is 11.0 Å². The number of nitrogen functional groups attached to an aromatic ring is 1. The normalized spacial score (nSPS) is 12.3. The first-order chi connectivity index (χ1) is 8.42. The summed E-state index contributed by atoms with van der Waals surface area (Å²) >= 11 is 0. The molecule has 3 nitrogen and oxygen atoms in total. The van der Waals surface area contributed by atoms with Crippen molar-refractivity contribution in [3.8, 4) is 0 Å². The van der Waals surface area contributed by atoms with Crippen molar-refractivity contribution in [2.45, 2.75) is 46.1 Å². The number of hydrogen-bond donors (Lipinski definition) is 1. The molecule has 4 heteroatoms. The number of aryl methyl sites for hydroxylation is 1. The molecule has 18 heavy (non-hydrogen) atoms. The third kappa shape index (κ3) is 1.76. The van der Waals surface area contributed by atoms with Crippen molar-refractivity contribution in [1.29, 1.82) is 0 Å². The molecule has 1 aromatic carbocycles. The number of nitrogens with two attached hydrogens (primary N) is 1. The molecule has 2 aromatic rings. The number of benzene rings is 1. The summed E-state index contributed by atoms with van der Waals surface area (Å²) in [5.41, 5.74) is 8.11. The Labute approximate surface area is 107 Å². The minimum Gasteiger partial charge on any atom is -0.369 e. The predicted molar refractivity (Wildman–Crippen MR) is 73.1 cm³/mol. The topological polar surface area (TPSA) is 43.8 Å². The number of fused-ring (bicyclic) bond motifs is 1. The number of hydrogen-bond acceptors (Lipinski definition) is 2. The maximum atomic E-state index is 13.6. The van der Waals surface area contributed by atoms with E-state index in [1.807, 2.05) is 10.6 Å². The molecule has 0 aliphatic carbocycles. The van der Waals surface area contributed by atoms with Gasteiger partial charge in [-0.2, -0.15) is 0 Å². The Morgan fingerprint density at radius 3 is 2.50 bits per heavy atom. The SMILES string of the molecule is CCC(C)(CC)n1c(N)nc2cc(F)c(C)cc21. The van der Waals surface area contributed by atoms with Crippen molar-refractivity contribution in [2.75, 3.05) is 5.73 Å². The second kappa shape index (κ2) is 4.26. The monoisotopic (exact) mass is 249 g/mol. The number of imidazole rings is 1. The van der Waals surface area contributed by atoms with Crippen molar-refractivity contribution < 1.29 is 4.39 Å². The Kier molecular flexibility index (Phi) is 3.05. The summed E-state index contributed by atoms with van der Waals surface area (Å²) in [4.78, 5) is 4.28. The van der Waals surface area contributed by atoms with E-state index in [1.54, 1.807) is 6.92 Å². The van der Waals surface area contributed by atoms with E-state index < -0.39 is 0 Å². The summed E-state index contributed by atoms with van der Waals surface area (Å²) in [5.74, 6) is 0.225. The number of halogens is 1. The van der Waals surface area contributed by atoms with Crippen LogP contribution in [0.5, 0.6) is 0 Å². The summed E-state index contributed by atoms with van der Waals surface area (Å²) in [6, 6.07) is 3.29. The zero-order valence-electron chi connectivity index (χ0n) is 11.4. The molecule has 0 saturated heterocycles. The van der Waals surface area contributed by atoms with Gasteiger partial charge in [0.1, 0.15) is 5.82 Å². The largest absolute Gasteiger partial charge is 0.369 e. The molecule has 98 valence electrons. The highest BCUT2D eigenvalue weighted by molar-refractivity contribution is 5.79. The van der Waals surface area contributed by atoms with Crippen LogP contribution in [0.15, 0.2) is 12.1 Å². The van der Waals surface area contributed by atoms with Crippen LogP contribution in [-0.4, -0.2) is 9.55 Å². The van der Waals surface area contributed by atoms with Crippen molar-refractivity contribution in [1.82, 2.24) is 9.55 Å². The van der Waals surface area contributed by atoms with Crippen LogP contribution in [0, 0.1) is 12.7 Å². The highest BCUT2D eigenvalue weighted by atomic mass is 19.1. The van der Waals surface area contributed by atoms with Gasteiger partial charge in [0.15, 0.2) is 0 Å². The average Bonchev–Trinajstić information content (AvgIpc) is 2.65. The molecule has 2 N–H and O–H groups in total. The van der Waals surface area contributed by atoms with Gasteiger partial charge in [0, 0.05) is 11.6 Å². The smallest absolute Gasteiger partial charge is 0.201 e. The van der Waals surface area contributed by atoms with Crippen LogP contribution in [0.3, 0.4) is 0 Å². The van der Waals surface area contributed by atoms with Gasteiger partial charge < -0.3 is 10.3 Å². The number of nitrogens with zero attached hydrogens (tertiary/aromatic N) is 2. The van der Waals surface area contributed by atoms with E-state index in [0.29, 0.717) is 17.0 Å². The van der Waals surface area contributed by atoms with E-state index in [-0.39, 0.29) is 11.4 Å². The Morgan fingerprint density at radius 2 is 1.94 bits per heavy atom. The first-order valence-electron chi connectivity index (χ1n) is 6.37. The van der Waals surface area contributed by atoms with Gasteiger partial charge in [-0.05, 0) is 38.3 Å². The minimum absolute atomic E-state index is 0.0803. The fourth-order valence-corrected chi connectivity index (χ4v) is 2.35. The quantitative estimate of drug-likeness (QED) is 0.903. The Morgan fingerprint density at radius 1 is 1.33 bits per heavy atom. The van der Waals surface area contributed by atoms with Crippen LogP contribution in [0.25, 0.3) is 11.0 Å². The van der Waals surface area contributed by atoms with E-state index >= 15 is 0 Å². The lowest BCUT2D eigenvalue weighted by molar-refractivity contribution is 0.307. The first-order valence-corrected chi connectivity index (χ1v) is 6.37. The molecule has 2 rings (SSSR count). The molecule has 0 aliphatic heterocycles. The summed E-state index contributed by atoms with van der Waals surface area (Å²) in [7, 11) is 0. The van der Waals surface area contributed by atoms with E-state index in [1.165, 1.54) is 6.07 Å². The van der Waals surface area contributed by atoms with Crippen molar-refractivity contribution in [3.05, 3.63) is 23.5 Å². The standard InChI is InChI=1S/C14H20FN3/c1-5-14(4,6-2)18-12-7-9(3)10(15)8-11(12)17-13(18)16/h7-8H,5-6H2,1-4H3,(H2,16,17). The Hall–Kier alpha value is -1.58. The van der Waals surface area contributed by atoms with Crippen molar-refractivity contribution >= 4 is 17.0 Å². The van der Waals surface area contributed by atoms with E-state index in [9.17, 15) is 4.39 Å². The molecular formula is C14H20FN3. The molecule has 0 spiro atoms. The maximum absolute atomic E-state index is 13.6. The van der Waals surface area contributed by atoms with Gasteiger partial charge in [-0.25, -0.2) is 9.37 Å². The molecule has 0 amide bonds. The van der Waals surface area contributed by atoms with Gasteiger partial charge in [0.2, 0.25) is 5.95 Å². The van der Waals surface area contributed by atoms with Crippen molar-refractivity contribution in [3.63, 3.8) is 0 Å². The highest BCUT2D eigenvalue weighted by Gasteiger charge is 2.26. The second-order valence-electron chi connectivity index (χ2n) is 5.10. The number of anilines is 1. The number of rotatable bonds is 3. The fourth-order valence-electron chi connectivity index (χ4n) is 2.35. The maximum Gasteiger partial charge on any atom is 0.201 e. The molecule has 0 unspecified atom stereocenters. The van der Waals surface area contributed by atoms with Crippen molar-refractivity contribution in [2.24, 2.45) is 0 Å². The van der Waals surface area contributed by atoms with Gasteiger partial charge in [-0.15, -0.1) is 0 Å². The lowest BCUT2D eigenvalue weighted by Gasteiger charge is -2.30. The van der Waals surface area contributed by atoms with Crippen LogP contribution >= 0.6 is 0 Å². The minimum atomic E-state index is -0.234. The molecule has 1 aromatic heterocycles. The molecular weight excluding hydrogens is 229 g/mol. The molecule has 0 bridgehead atoms. The van der Waals surface area contributed by atoms with Crippen LogP contribution < -0.4 is 5.73 Å². The van der Waals surface area contributed by atoms with Crippen LogP contribution in [0.4, 0.5) is 10.3 Å². The van der Waals surface area contributed by atoms with E-state index in [4.69, 9.17) is 5.73 Å². The zero-order valence-corrected chi connectivity index (χ0v) is 11.4. The average molecular weight is 249 g/mol. The molecule has 0 atom stereocenters. The predicted octanol–water partition coefficient (Wildman–Crippen LogP) is 3.60. The Balaban J connectivity index is 2.78. The number of aromatic nitrogens is 2. The van der Waals surface area contributed by atoms with E-state index in [0.717, 1.165) is 18.4 Å². The molecule has 0 radical (unpaired) electrons. The molecule has 0 fully saturated rings. The van der Waals surface area contributed by atoms with Gasteiger partial charge >= 0.3 is 0 Å². The molecule has 0 saturated carbocycles. The van der Waals surface area contributed by atoms with E-state index in [2.05, 4.69) is 25.8 Å². The van der Waals surface area contributed by atoms with Crippen LogP contribution in [0.2, 0.25) is 0 Å². The highest BCUT2D eigenvalue weighted by Crippen LogP contribution is 2.32. The summed E-state index contributed by atoms with van der Waals surface area (Å²) in [6.45, 7) is 8.18. The zero-order chi connectivity index (χ0) is 13.5. The molecule has 1 heterocycles.